The number of benzene rings is 3. The van der Waals surface area contributed by atoms with Crippen LogP contribution in [0.4, 0.5) is 4.39 Å². The van der Waals surface area contributed by atoms with Gasteiger partial charge in [-0.1, -0.05) is 18.2 Å². The molecule has 2 N–H and O–H groups in total. The number of furan rings is 1. The minimum Gasteiger partial charge on any atom is -0.484 e. The highest BCUT2D eigenvalue weighted by molar-refractivity contribution is 6.05. The lowest BCUT2D eigenvalue weighted by Gasteiger charge is -2.09. The topological polar surface area (TPSA) is 80.6 Å². The highest BCUT2D eigenvalue weighted by Crippen LogP contribution is 2.31. The molecule has 140 valence electrons. The van der Waals surface area contributed by atoms with Gasteiger partial charge in [-0.05, 0) is 48.5 Å². The van der Waals surface area contributed by atoms with E-state index >= 15 is 0 Å². The molecule has 0 aliphatic carbocycles. The molecule has 4 rings (SSSR count). The maximum atomic E-state index is 12.9. The third kappa shape index (κ3) is 3.64. The Kier molecular flexibility index (Phi) is 4.63. The summed E-state index contributed by atoms with van der Waals surface area (Å²) in [6.07, 6.45) is 0. The number of halogens is 1. The van der Waals surface area contributed by atoms with E-state index in [0.29, 0.717) is 5.75 Å². The molecule has 28 heavy (non-hydrogen) atoms. The second-order valence-electron chi connectivity index (χ2n) is 6.05. The smallest absolute Gasteiger partial charge is 0.276 e. The van der Waals surface area contributed by atoms with Crippen LogP contribution in [0.1, 0.15) is 10.4 Å². The number of hydrogen-bond acceptors (Lipinski definition) is 4. The van der Waals surface area contributed by atoms with Crippen LogP contribution in [-0.4, -0.2) is 18.4 Å². The maximum Gasteiger partial charge on any atom is 0.276 e. The predicted octanol–water partition coefficient (Wildman–Crippen LogP) is 3.57. The first-order chi connectivity index (χ1) is 13.6. The van der Waals surface area contributed by atoms with E-state index in [9.17, 15) is 14.0 Å². The summed E-state index contributed by atoms with van der Waals surface area (Å²) >= 11 is 0. The van der Waals surface area contributed by atoms with Gasteiger partial charge in [0.25, 0.3) is 11.8 Å². The monoisotopic (exact) mass is 378 g/mol. The fourth-order valence-electron chi connectivity index (χ4n) is 2.78. The Bertz CT molecular complexity index is 1170. The molecule has 0 spiro atoms. The molecule has 0 aliphatic rings. The molecule has 1 heterocycles. The Morgan fingerprint density at radius 1 is 0.893 bits per heavy atom. The van der Waals surface area contributed by atoms with Crippen LogP contribution < -0.4 is 15.6 Å². The van der Waals surface area contributed by atoms with Crippen LogP contribution in [0.15, 0.2) is 71.1 Å². The quantitative estimate of drug-likeness (QED) is 0.532. The van der Waals surface area contributed by atoms with Crippen molar-refractivity contribution in [1.82, 2.24) is 10.9 Å². The average molecular weight is 378 g/mol. The summed E-state index contributed by atoms with van der Waals surface area (Å²) < 4.78 is 24.1. The zero-order valence-corrected chi connectivity index (χ0v) is 14.6. The minimum atomic E-state index is -0.556. The molecule has 7 heteroatoms. The molecule has 0 unspecified atom stereocenters. The summed E-state index contributed by atoms with van der Waals surface area (Å²) in [5.41, 5.74) is 6.22. The molecule has 0 aliphatic heterocycles. The first kappa shape index (κ1) is 17.5. The van der Waals surface area contributed by atoms with Gasteiger partial charge in [-0.15, -0.1) is 0 Å². The Morgan fingerprint density at radius 3 is 2.46 bits per heavy atom. The summed E-state index contributed by atoms with van der Waals surface area (Å²) in [7, 11) is 0. The average Bonchev–Trinajstić information content (AvgIpc) is 3.09. The fraction of sp³-hybridized carbons (Fsp3) is 0.0476. The molecule has 0 saturated heterocycles. The molecule has 0 fully saturated rings. The Labute approximate surface area is 158 Å². The van der Waals surface area contributed by atoms with Gasteiger partial charge in [0.05, 0.1) is 0 Å². The summed E-state index contributed by atoms with van der Waals surface area (Å²) in [5, 5.41) is 1.84. The minimum absolute atomic E-state index is 0.222. The van der Waals surface area contributed by atoms with Crippen molar-refractivity contribution in [1.29, 1.82) is 0 Å². The zero-order valence-electron chi connectivity index (χ0n) is 14.6. The first-order valence-corrected chi connectivity index (χ1v) is 8.49. The van der Waals surface area contributed by atoms with E-state index in [4.69, 9.17) is 9.15 Å². The Morgan fingerprint density at radius 2 is 1.64 bits per heavy atom. The van der Waals surface area contributed by atoms with Crippen molar-refractivity contribution in [3.8, 4) is 5.75 Å². The fourth-order valence-corrected chi connectivity index (χ4v) is 2.78. The van der Waals surface area contributed by atoms with Gasteiger partial charge in [0.2, 0.25) is 0 Å². The van der Waals surface area contributed by atoms with E-state index < -0.39 is 17.6 Å². The van der Waals surface area contributed by atoms with Crippen molar-refractivity contribution in [3.05, 3.63) is 78.1 Å². The second kappa shape index (κ2) is 7.40. The number of rotatable bonds is 4. The van der Waals surface area contributed by atoms with Crippen LogP contribution in [0.2, 0.25) is 0 Å². The molecule has 0 bridgehead atoms. The van der Waals surface area contributed by atoms with Crippen molar-refractivity contribution >= 4 is 33.8 Å². The summed E-state index contributed by atoms with van der Waals surface area (Å²) in [4.78, 5) is 23.8. The third-order valence-electron chi connectivity index (χ3n) is 4.14. The van der Waals surface area contributed by atoms with Gasteiger partial charge < -0.3 is 9.15 Å². The summed E-state index contributed by atoms with van der Waals surface area (Å²) in [6, 6.07) is 17.9. The number of ether oxygens (including phenoxy) is 1. The zero-order chi connectivity index (χ0) is 19.5. The van der Waals surface area contributed by atoms with Crippen molar-refractivity contribution in [3.63, 3.8) is 0 Å². The van der Waals surface area contributed by atoms with Crippen LogP contribution in [0.25, 0.3) is 21.9 Å². The molecule has 0 radical (unpaired) electrons. The van der Waals surface area contributed by atoms with Gasteiger partial charge in [0.1, 0.15) is 22.7 Å². The number of hydrogen-bond donors (Lipinski definition) is 2. The van der Waals surface area contributed by atoms with E-state index in [2.05, 4.69) is 10.9 Å². The van der Waals surface area contributed by atoms with Gasteiger partial charge >= 0.3 is 0 Å². The van der Waals surface area contributed by atoms with Crippen molar-refractivity contribution in [2.24, 2.45) is 0 Å². The first-order valence-electron chi connectivity index (χ1n) is 8.49. The molecule has 4 aromatic rings. The number of nitrogens with one attached hydrogen (secondary N) is 2. The van der Waals surface area contributed by atoms with Crippen LogP contribution in [0.3, 0.4) is 0 Å². The van der Waals surface area contributed by atoms with E-state index in [1.807, 2.05) is 24.3 Å². The van der Waals surface area contributed by atoms with E-state index in [-0.39, 0.29) is 12.2 Å². The second-order valence-corrected chi connectivity index (χ2v) is 6.05. The maximum absolute atomic E-state index is 12.9. The van der Waals surface area contributed by atoms with Crippen molar-refractivity contribution < 1.29 is 23.1 Å². The number of amides is 2. The van der Waals surface area contributed by atoms with Crippen LogP contribution in [-0.2, 0) is 4.79 Å². The number of fused-ring (bicyclic) bond motifs is 3. The van der Waals surface area contributed by atoms with Gasteiger partial charge in [0.15, 0.2) is 6.61 Å². The predicted molar refractivity (Wildman–Crippen MR) is 101 cm³/mol. The number of hydrazine groups is 1. The van der Waals surface area contributed by atoms with Crippen LogP contribution in [0.5, 0.6) is 5.75 Å². The number of carbonyl (C=O) groups is 2. The molecule has 0 saturated carbocycles. The summed E-state index contributed by atoms with van der Waals surface area (Å²) in [6.45, 7) is -0.287. The van der Waals surface area contributed by atoms with E-state index in [0.717, 1.165) is 34.1 Å². The van der Waals surface area contributed by atoms with Gasteiger partial charge in [-0.3, -0.25) is 20.4 Å². The summed E-state index contributed by atoms with van der Waals surface area (Å²) in [5.74, 6) is -1.04. The van der Waals surface area contributed by atoms with Crippen LogP contribution >= 0.6 is 0 Å². The molecule has 2 amide bonds. The van der Waals surface area contributed by atoms with Crippen molar-refractivity contribution in [2.75, 3.05) is 6.61 Å². The largest absolute Gasteiger partial charge is 0.484 e. The number of para-hydroxylation sites is 1. The number of carbonyl (C=O) groups excluding carboxylic acids is 2. The van der Waals surface area contributed by atoms with Gasteiger partial charge in [-0.25, -0.2) is 4.39 Å². The lowest BCUT2D eigenvalue weighted by Crippen LogP contribution is -2.43. The lowest BCUT2D eigenvalue weighted by molar-refractivity contribution is -0.123. The molecule has 1 aromatic heterocycles. The molecular weight excluding hydrogens is 363 g/mol. The highest BCUT2D eigenvalue weighted by Gasteiger charge is 2.10. The van der Waals surface area contributed by atoms with Gasteiger partial charge in [-0.2, -0.15) is 0 Å². The van der Waals surface area contributed by atoms with Crippen molar-refractivity contribution in [2.45, 2.75) is 0 Å². The standard InChI is InChI=1S/C21H15FN2O4/c22-14-7-5-13(6-8-14)21(26)24-23-20(25)12-27-15-9-10-19-17(11-15)16-3-1-2-4-18(16)28-19/h1-11H,12H2,(H,23,25)(H,24,26). The molecule has 6 nitrogen and oxygen atoms in total. The highest BCUT2D eigenvalue weighted by atomic mass is 19.1. The molecular formula is C21H15FN2O4. The van der Waals surface area contributed by atoms with Crippen LogP contribution in [0, 0.1) is 5.82 Å². The Hall–Kier alpha value is -3.87. The molecule has 3 aromatic carbocycles. The molecule has 0 atom stereocenters. The van der Waals surface area contributed by atoms with E-state index in [1.165, 1.54) is 12.1 Å². The Balaban J connectivity index is 1.36. The SMILES string of the molecule is O=C(COc1ccc2oc3ccccc3c2c1)NNC(=O)c1ccc(F)cc1. The lowest BCUT2D eigenvalue weighted by atomic mass is 10.1. The van der Waals surface area contributed by atoms with Gasteiger partial charge in [0, 0.05) is 16.3 Å². The van der Waals surface area contributed by atoms with E-state index in [1.54, 1.807) is 18.2 Å². The third-order valence-corrected chi connectivity index (χ3v) is 4.14. The normalized spacial score (nSPS) is 10.8.